The first-order chi connectivity index (χ1) is 7.74. The highest BCUT2D eigenvalue weighted by molar-refractivity contribution is 5.44. The van der Waals surface area contributed by atoms with Gasteiger partial charge >= 0.3 is 0 Å². The number of rotatable bonds is 3. The summed E-state index contributed by atoms with van der Waals surface area (Å²) in [4.78, 5) is 4.00. The Hall–Kier alpha value is -1.09. The second-order valence-corrected chi connectivity index (χ2v) is 4.98. The Morgan fingerprint density at radius 2 is 2.00 bits per heavy atom. The average molecular weight is 220 g/mol. The Morgan fingerprint density at radius 3 is 2.56 bits per heavy atom. The molecule has 1 aromatic rings. The van der Waals surface area contributed by atoms with Crippen LogP contribution < -0.4 is 5.32 Å². The van der Waals surface area contributed by atoms with Crippen LogP contribution >= 0.6 is 0 Å². The molecule has 88 valence electrons. The van der Waals surface area contributed by atoms with Crippen LogP contribution in [-0.4, -0.2) is 22.2 Å². The fourth-order valence-corrected chi connectivity index (χ4v) is 2.38. The van der Waals surface area contributed by atoms with E-state index in [-0.39, 0.29) is 12.1 Å². The summed E-state index contributed by atoms with van der Waals surface area (Å²) in [6.45, 7) is 2.50. The first-order valence-electron chi connectivity index (χ1n) is 6.03. The molecule has 1 fully saturated rings. The molecule has 0 aromatic carbocycles. The van der Waals surface area contributed by atoms with E-state index >= 15 is 0 Å². The van der Waals surface area contributed by atoms with E-state index in [1.54, 1.807) is 12.4 Å². The second kappa shape index (κ2) is 4.83. The summed E-state index contributed by atoms with van der Waals surface area (Å²) in [5.74, 6) is 0.791. The fourth-order valence-electron chi connectivity index (χ4n) is 2.38. The molecule has 0 radical (unpaired) electrons. The van der Waals surface area contributed by atoms with Crippen LogP contribution in [0.2, 0.25) is 0 Å². The van der Waals surface area contributed by atoms with Crippen LogP contribution in [0, 0.1) is 5.92 Å². The molecule has 0 saturated heterocycles. The number of hydrogen-bond donors (Lipinski definition) is 2. The molecule has 0 unspecified atom stereocenters. The van der Waals surface area contributed by atoms with Gasteiger partial charge in [-0.3, -0.25) is 4.98 Å². The van der Waals surface area contributed by atoms with Crippen LogP contribution in [0.15, 0.2) is 24.5 Å². The van der Waals surface area contributed by atoms with Gasteiger partial charge in [-0.05, 0) is 43.7 Å². The zero-order chi connectivity index (χ0) is 11.4. The Balaban J connectivity index is 2.05. The molecule has 1 saturated carbocycles. The summed E-state index contributed by atoms with van der Waals surface area (Å²) in [5, 5.41) is 13.1. The van der Waals surface area contributed by atoms with Crippen molar-refractivity contribution >= 4 is 5.69 Å². The predicted octanol–water partition coefficient (Wildman–Crippen LogP) is 2.43. The van der Waals surface area contributed by atoms with Crippen molar-refractivity contribution in [2.45, 2.75) is 38.1 Å². The third kappa shape index (κ3) is 2.53. The van der Waals surface area contributed by atoms with E-state index in [9.17, 15) is 5.11 Å². The number of nitrogens with zero attached hydrogens (tertiary/aromatic N) is 1. The maximum atomic E-state index is 9.61. The molecule has 0 bridgehead atoms. The minimum atomic E-state index is -0.117. The summed E-state index contributed by atoms with van der Waals surface area (Å²) >= 11 is 0. The van der Waals surface area contributed by atoms with Gasteiger partial charge in [0.15, 0.2) is 0 Å². The van der Waals surface area contributed by atoms with E-state index in [4.69, 9.17) is 0 Å². The second-order valence-electron chi connectivity index (χ2n) is 4.98. The van der Waals surface area contributed by atoms with Gasteiger partial charge in [0, 0.05) is 18.1 Å². The largest absolute Gasteiger partial charge is 0.394 e. The van der Waals surface area contributed by atoms with E-state index in [1.807, 2.05) is 12.1 Å². The van der Waals surface area contributed by atoms with Crippen molar-refractivity contribution in [2.75, 3.05) is 11.9 Å². The number of anilines is 1. The molecule has 0 atom stereocenters. The van der Waals surface area contributed by atoms with Crippen LogP contribution in [-0.2, 0) is 0 Å². The Bertz CT molecular complexity index is 318. The minimum absolute atomic E-state index is 0.117. The summed E-state index contributed by atoms with van der Waals surface area (Å²) in [7, 11) is 0. The van der Waals surface area contributed by atoms with Gasteiger partial charge in [-0.1, -0.05) is 6.92 Å². The molecular weight excluding hydrogens is 200 g/mol. The first-order valence-corrected chi connectivity index (χ1v) is 6.03. The Morgan fingerprint density at radius 1 is 1.38 bits per heavy atom. The summed E-state index contributed by atoms with van der Waals surface area (Å²) in [5.41, 5.74) is 0.937. The zero-order valence-electron chi connectivity index (χ0n) is 9.82. The SMILES string of the molecule is CC1CCC(CO)(Nc2ccncc2)CC1. The van der Waals surface area contributed by atoms with Gasteiger partial charge in [0.2, 0.25) is 0 Å². The molecule has 0 spiro atoms. The van der Waals surface area contributed by atoms with Gasteiger partial charge in [0.25, 0.3) is 0 Å². The fraction of sp³-hybridized carbons (Fsp3) is 0.615. The minimum Gasteiger partial charge on any atom is -0.394 e. The van der Waals surface area contributed by atoms with Crippen molar-refractivity contribution in [3.63, 3.8) is 0 Å². The number of aromatic nitrogens is 1. The molecule has 0 amide bonds. The topological polar surface area (TPSA) is 45.1 Å². The molecule has 3 nitrogen and oxygen atoms in total. The highest BCUT2D eigenvalue weighted by Crippen LogP contribution is 2.34. The van der Waals surface area contributed by atoms with Crippen LogP contribution in [0.3, 0.4) is 0 Å². The molecule has 1 aliphatic rings. The summed E-state index contributed by atoms with van der Waals surface area (Å²) in [6.07, 6.45) is 8.04. The molecule has 0 aliphatic heterocycles. The van der Waals surface area contributed by atoms with E-state index in [0.717, 1.165) is 24.4 Å². The lowest BCUT2D eigenvalue weighted by Gasteiger charge is -2.39. The zero-order valence-corrected chi connectivity index (χ0v) is 9.82. The third-order valence-electron chi connectivity index (χ3n) is 3.62. The van der Waals surface area contributed by atoms with Gasteiger partial charge < -0.3 is 10.4 Å². The summed E-state index contributed by atoms with van der Waals surface area (Å²) < 4.78 is 0. The molecule has 1 aliphatic carbocycles. The van der Waals surface area contributed by atoms with Crippen molar-refractivity contribution in [1.82, 2.24) is 4.98 Å². The van der Waals surface area contributed by atoms with Gasteiger partial charge in [-0.2, -0.15) is 0 Å². The highest BCUT2D eigenvalue weighted by atomic mass is 16.3. The standard InChI is InChI=1S/C13H20N2O/c1-11-2-6-13(10-16,7-3-11)15-12-4-8-14-9-5-12/h4-5,8-9,11,16H,2-3,6-7,10H2,1H3,(H,14,15). The van der Waals surface area contributed by atoms with Gasteiger partial charge in [-0.15, -0.1) is 0 Å². The lowest BCUT2D eigenvalue weighted by molar-refractivity contribution is 0.155. The first kappa shape index (κ1) is 11.4. The molecule has 2 N–H and O–H groups in total. The summed E-state index contributed by atoms with van der Waals surface area (Å²) in [6, 6.07) is 3.91. The van der Waals surface area contributed by atoms with E-state index in [1.165, 1.54) is 12.8 Å². The molecule has 1 heterocycles. The van der Waals surface area contributed by atoms with Crippen molar-refractivity contribution < 1.29 is 5.11 Å². The lowest BCUT2D eigenvalue weighted by Crippen LogP contribution is -2.45. The van der Waals surface area contributed by atoms with Gasteiger partial charge in [-0.25, -0.2) is 0 Å². The number of pyridine rings is 1. The maximum absolute atomic E-state index is 9.61. The molecule has 3 heteroatoms. The number of aliphatic hydroxyl groups excluding tert-OH is 1. The highest BCUT2D eigenvalue weighted by Gasteiger charge is 2.33. The molecule has 16 heavy (non-hydrogen) atoms. The van der Waals surface area contributed by atoms with Crippen molar-refractivity contribution in [3.8, 4) is 0 Å². The smallest absolute Gasteiger partial charge is 0.0661 e. The quantitative estimate of drug-likeness (QED) is 0.822. The van der Waals surface area contributed by atoms with E-state index in [2.05, 4.69) is 17.2 Å². The monoisotopic (exact) mass is 220 g/mol. The molecular formula is C13H20N2O. The third-order valence-corrected chi connectivity index (χ3v) is 3.62. The lowest BCUT2D eigenvalue weighted by atomic mass is 9.77. The van der Waals surface area contributed by atoms with E-state index < -0.39 is 0 Å². The number of nitrogens with one attached hydrogen (secondary N) is 1. The van der Waals surface area contributed by atoms with Crippen LogP contribution in [0.25, 0.3) is 0 Å². The van der Waals surface area contributed by atoms with Gasteiger partial charge in [0.05, 0.1) is 12.1 Å². The maximum Gasteiger partial charge on any atom is 0.0661 e. The normalized spacial score (nSPS) is 30.0. The Labute approximate surface area is 96.9 Å². The van der Waals surface area contributed by atoms with Gasteiger partial charge in [0.1, 0.15) is 0 Å². The molecule has 1 aromatic heterocycles. The van der Waals surface area contributed by atoms with Crippen molar-refractivity contribution in [3.05, 3.63) is 24.5 Å². The number of aliphatic hydroxyl groups is 1. The number of hydrogen-bond acceptors (Lipinski definition) is 3. The van der Waals surface area contributed by atoms with Crippen molar-refractivity contribution in [1.29, 1.82) is 0 Å². The Kier molecular flexibility index (Phi) is 3.44. The van der Waals surface area contributed by atoms with E-state index in [0.29, 0.717) is 0 Å². The predicted molar refractivity (Wildman–Crippen MR) is 65.3 cm³/mol. The molecule has 2 rings (SSSR count). The van der Waals surface area contributed by atoms with Crippen LogP contribution in [0.5, 0.6) is 0 Å². The average Bonchev–Trinajstić information content (AvgIpc) is 2.34. The van der Waals surface area contributed by atoms with Crippen LogP contribution in [0.1, 0.15) is 32.6 Å². The van der Waals surface area contributed by atoms with Crippen molar-refractivity contribution in [2.24, 2.45) is 5.92 Å². The van der Waals surface area contributed by atoms with Crippen LogP contribution in [0.4, 0.5) is 5.69 Å².